The molecular weight excluding hydrogens is 140 g/mol. The Morgan fingerprint density at radius 3 is 2.82 bits per heavy atom. The van der Waals surface area contributed by atoms with Crippen molar-refractivity contribution in [3.8, 4) is 0 Å². The smallest absolute Gasteiger partial charge is 0.265 e. The molecule has 0 spiro atoms. The number of hydrogen-bond acceptors (Lipinski definition) is 1. The number of nitrogens with one attached hydrogen (secondary N) is 1. The van der Waals surface area contributed by atoms with E-state index < -0.39 is 5.91 Å². The highest BCUT2D eigenvalue weighted by Gasteiger charge is 2.01. The third kappa shape index (κ3) is 1.83. The molecular formula is C8H12N2O. The van der Waals surface area contributed by atoms with Gasteiger partial charge in [-0.1, -0.05) is 13.3 Å². The summed E-state index contributed by atoms with van der Waals surface area (Å²) in [6.45, 7) is 2.09. The maximum atomic E-state index is 10.6. The standard InChI is InChI=1S/C8H12N2O/c1-2-3-6-4-5-7(10-6)8(9)11/h4-5,10H,2-3H2,1H3,(H2,9,11). The maximum absolute atomic E-state index is 10.6. The Morgan fingerprint density at radius 1 is 1.64 bits per heavy atom. The molecule has 0 radical (unpaired) electrons. The van der Waals surface area contributed by atoms with E-state index in [0.29, 0.717) is 5.69 Å². The van der Waals surface area contributed by atoms with Crippen LogP contribution < -0.4 is 5.73 Å². The van der Waals surface area contributed by atoms with Gasteiger partial charge in [0.15, 0.2) is 0 Å². The van der Waals surface area contributed by atoms with Gasteiger partial charge in [0.2, 0.25) is 0 Å². The van der Waals surface area contributed by atoms with E-state index in [2.05, 4.69) is 11.9 Å². The Kier molecular flexibility index (Phi) is 2.31. The fraction of sp³-hybridized carbons (Fsp3) is 0.375. The van der Waals surface area contributed by atoms with Crippen molar-refractivity contribution < 1.29 is 4.79 Å². The van der Waals surface area contributed by atoms with Crippen molar-refractivity contribution >= 4 is 5.91 Å². The largest absolute Gasteiger partial charge is 0.364 e. The second-order valence-electron chi connectivity index (χ2n) is 2.51. The van der Waals surface area contributed by atoms with Crippen molar-refractivity contribution in [1.82, 2.24) is 4.98 Å². The molecule has 11 heavy (non-hydrogen) atoms. The Balaban J connectivity index is 2.73. The molecule has 0 fully saturated rings. The Morgan fingerprint density at radius 2 is 2.36 bits per heavy atom. The second kappa shape index (κ2) is 3.23. The number of aromatic amines is 1. The molecule has 0 aromatic carbocycles. The van der Waals surface area contributed by atoms with E-state index in [9.17, 15) is 4.79 Å². The van der Waals surface area contributed by atoms with Crippen molar-refractivity contribution in [2.45, 2.75) is 19.8 Å². The predicted molar refractivity (Wildman–Crippen MR) is 43.3 cm³/mol. The van der Waals surface area contributed by atoms with Crippen LogP contribution in [0, 0.1) is 0 Å². The molecule has 0 aliphatic heterocycles. The SMILES string of the molecule is CCCc1ccc(C(N)=O)[nH]1. The molecule has 1 aromatic heterocycles. The highest BCUT2D eigenvalue weighted by atomic mass is 16.1. The summed E-state index contributed by atoms with van der Waals surface area (Å²) < 4.78 is 0. The number of aryl methyl sites for hydroxylation is 1. The minimum Gasteiger partial charge on any atom is -0.364 e. The van der Waals surface area contributed by atoms with Crippen LogP contribution in [0.3, 0.4) is 0 Å². The van der Waals surface area contributed by atoms with Gasteiger partial charge >= 0.3 is 0 Å². The lowest BCUT2D eigenvalue weighted by Crippen LogP contribution is -2.11. The lowest BCUT2D eigenvalue weighted by Gasteiger charge is -1.91. The molecule has 0 aliphatic carbocycles. The van der Waals surface area contributed by atoms with E-state index >= 15 is 0 Å². The first-order valence-corrected chi connectivity index (χ1v) is 3.71. The fourth-order valence-corrected chi connectivity index (χ4v) is 0.999. The molecule has 0 saturated heterocycles. The van der Waals surface area contributed by atoms with Crippen molar-refractivity contribution in [3.63, 3.8) is 0 Å². The number of primary amides is 1. The zero-order chi connectivity index (χ0) is 8.27. The molecule has 0 saturated carbocycles. The summed E-state index contributed by atoms with van der Waals surface area (Å²) in [4.78, 5) is 13.5. The third-order valence-electron chi connectivity index (χ3n) is 1.53. The topological polar surface area (TPSA) is 58.9 Å². The summed E-state index contributed by atoms with van der Waals surface area (Å²) in [6, 6.07) is 3.61. The van der Waals surface area contributed by atoms with E-state index in [0.717, 1.165) is 18.5 Å². The zero-order valence-electron chi connectivity index (χ0n) is 6.55. The number of amides is 1. The third-order valence-corrected chi connectivity index (χ3v) is 1.53. The molecule has 60 valence electrons. The first kappa shape index (κ1) is 7.85. The summed E-state index contributed by atoms with van der Waals surface area (Å²) in [7, 11) is 0. The summed E-state index contributed by atoms with van der Waals surface area (Å²) >= 11 is 0. The van der Waals surface area contributed by atoms with Crippen molar-refractivity contribution in [2.24, 2.45) is 5.73 Å². The molecule has 0 atom stereocenters. The molecule has 3 heteroatoms. The van der Waals surface area contributed by atoms with Crippen LogP contribution >= 0.6 is 0 Å². The first-order chi connectivity index (χ1) is 5.24. The van der Waals surface area contributed by atoms with E-state index in [4.69, 9.17) is 5.73 Å². The van der Waals surface area contributed by atoms with Crippen LogP contribution in [0.2, 0.25) is 0 Å². The van der Waals surface area contributed by atoms with Gasteiger partial charge in [-0.05, 0) is 18.6 Å². The number of hydrogen-bond donors (Lipinski definition) is 2. The summed E-state index contributed by atoms with van der Waals surface area (Å²) in [6.07, 6.45) is 2.03. The Labute approximate surface area is 65.6 Å². The van der Waals surface area contributed by atoms with E-state index in [-0.39, 0.29) is 0 Å². The number of aromatic nitrogens is 1. The van der Waals surface area contributed by atoms with Gasteiger partial charge in [-0.3, -0.25) is 4.79 Å². The second-order valence-corrected chi connectivity index (χ2v) is 2.51. The molecule has 1 aromatic rings. The number of carbonyl (C=O) groups excluding carboxylic acids is 1. The number of H-pyrrole nitrogens is 1. The lowest BCUT2D eigenvalue weighted by molar-refractivity contribution is 0.0996. The molecule has 3 N–H and O–H groups in total. The van der Waals surface area contributed by atoms with Gasteiger partial charge in [0.25, 0.3) is 5.91 Å². The molecule has 3 nitrogen and oxygen atoms in total. The van der Waals surface area contributed by atoms with Crippen LogP contribution in [-0.2, 0) is 6.42 Å². The van der Waals surface area contributed by atoms with Crippen molar-refractivity contribution in [1.29, 1.82) is 0 Å². The van der Waals surface area contributed by atoms with Crippen LogP contribution in [0.4, 0.5) is 0 Å². The summed E-state index contributed by atoms with van der Waals surface area (Å²) in [5, 5.41) is 0. The van der Waals surface area contributed by atoms with E-state index in [1.807, 2.05) is 6.07 Å². The van der Waals surface area contributed by atoms with Gasteiger partial charge in [-0.2, -0.15) is 0 Å². The highest BCUT2D eigenvalue weighted by molar-refractivity contribution is 5.90. The predicted octanol–water partition coefficient (Wildman–Crippen LogP) is 1.07. The average Bonchev–Trinajstić information content (AvgIpc) is 2.37. The quantitative estimate of drug-likeness (QED) is 0.668. The van der Waals surface area contributed by atoms with Gasteiger partial charge in [-0.15, -0.1) is 0 Å². The lowest BCUT2D eigenvalue weighted by atomic mass is 10.3. The number of carbonyl (C=O) groups is 1. The molecule has 0 unspecified atom stereocenters. The van der Waals surface area contributed by atoms with Gasteiger partial charge in [0.1, 0.15) is 5.69 Å². The molecule has 0 bridgehead atoms. The molecule has 0 aliphatic rings. The maximum Gasteiger partial charge on any atom is 0.265 e. The van der Waals surface area contributed by atoms with Crippen LogP contribution in [0.5, 0.6) is 0 Å². The first-order valence-electron chi connectivity index (χ1n) is 3.71. The molecule has 1 rings (SSSR count). The summed E-state index contributed by atoms with van der Waals surface area (Å²) in [5.41, 5.74) is 6.62. The minimum atomic E-state index is -0.396. The molecule has 1 amide bonds. The monoisotopic (exact) mass is 152 g/mol. The molecule has 1 heterocycles. The van der Waals surface area contributed by atoms with Gasteiger partial charge in [-0.25, -0.2) is 0 Å². The fourth-order valence-electron chi connectivity index (χ4n) is 0.999. The minimum absolute atomic E-state index is 0.396. The average molecular weight is 152 g/mol. The van der Waals surface area contributed by atoms with Crippen LogP contribution in [0.15, 0.2) is 12.1 Å². The van der Waals surface area contributed by atoms with Crippen LogP contribution in [-0.4, -0.2) is 10.9 Å². The van der Waals surface area contributed by atoms with Crippen molar-refractivity contribution in [3.05, 3.63) is 23.5 Å². The zero-order valence-corrected chi connectivity index (χ0v) is 6.55. The normalized spacial score (nSPS) is 9.91. The summed E-state index contributed by atoms with van der Waals surface area (Å²) in [5.74, 6) is -0.396. The highest BCUT2D eigenvalue weighted by Crippen LogP contribution is 2.03. The Bertz CT molecular complexity index is 252. The van der Waals surface area contributed by atoms with Crippen molar-refractivity contribution in [2.75, 3.05) is 0 Å². The Hall–Kier alpha value is -1.25. The van der Waals surface area contributed by atoms with E-state index in [1.165, 1.54) is 0 Å². The van der Waals surface area contributed by atoms with Gasteiger partial charge in [0.05, 0.1) is 0 Å². The van der Waals surface area contributed by atoms with Crippen LogP contribution in [0.1, 0.15) is 29.5 Å². The van der Waals surface area contributed by atoms with Gasteiger partial charge < -0.3 is 10.7 Å². The van der Waals surface area contributed by atoms with E-state index in [1.54, 1.807) is 6.07 Å². The number of nitrogens with two attached hydrogens (primary N) is 1. The number of rotatable bonds is 3. The van der Waals surface area contributed by atoms with Crippen LogP contribution in [0.25, 0.3) is 0 Å². The van der Waals surface area contributed by atoms with Gasteiger partial charge in [0, 0.05) is 5.69 Å².